The molecule has 4 rings (SSSR count). The summed E-state index contributed by atoms with van der Waals surface area (Å²) < 4.78 is 56.5. The molecular formula is C27H30F4N6O6. The smallest absolute Gasteiger partial charge is 0.274 e. The zero-order chi connectivity index (χ0) is 31.6. The third kappa shape index (κ3) is 6.68. The van der Waals surface area contributed by atoms with E-state index in [0.29, 0.717) is 12.8 Å². The first-order valence-electron chi connectivity index (χ1n) is 13.5. The Balaban J connectivity index is 1.73. The van der Waals surface area contributed by atoms with Crippen molar-refractivity contribution in [1.82, 2.24) is 31.2 Å². The Kier molecular flexibility index (Phi) is 9.47. The lowest BCUT2D eigenvalue weighted by Gasteiger charge is -2.37. The van der Waals surface area contributed by atoms with Gasteiger partial charge in [-0.05, 0) is 37.8 Å². The summed E-state index contributed by atoms with van der Waals surface area (Å²) in [5.41, 5.74) is -1.57. The topological polar surface area (TPSA) is 183 Å². The number of carbonyl (C=O) groups excluding carboxylic acids is 4. The zero-order valence-corrected chi connectivity index (χ0v) is 23.0. The van der Waals surface area contributed by atoms with Crippen molar-refractivity contribution in [1.29, 1.82) is 0 Å². The number of halogens is 4. The lowest BCUT2D eigenvalue weighted by molar-refractivity contribution is -0.137. The van der Waals surface area contributed by atoms with Gasteiger partial charge in [-0.2, -0.15) is 18.2 Å². The number of aromatic nitrogens is 2. The largest absolute Gasteiger partial charge is 0.505 e. The van der Waals surface area contributed by atoms with Gasteiger partial charge in [-0.25, -0.2) is 9.37 Å². The summed E-state index contributed by atoms with van der Waals surface area (Å²) in [5, 5.41) is 31.0. The molecule has 0 bridgehead atoms. The van der Waals surface area contributed by atoms with Crippen molar-refractivity contribution in [2.75, 3.05) is 0 Å². The minimum Gasteiger partial charge on any atom is -0.505 e. The molecular weight excluding hydrogens is 580 g/mol. The first kappa shape index (κ1) is 31.6. The van der Waals surface area contributed by atoms with E-state index >= 15 is 0 Å². The Morgan fingerprint density at radius 1 is 1.00 bits per heavy atom. The number of rotatable bonds is 5. The van der Waals surface area contributed by atoms with Gasteiger partial charge in [0.25, 0.3) is 11.9 Å². The quantitative estimate of drug-likeness (QED) is 0.207. The lowest BCUT2D eigenvalue weighted by atomic mass is 9.78. The predicted molar refractivity (Wildman–Crippen MR) is 139 cm³/mol. The number of aromatic hydroxyl groups is 1. The van der Waals surface area contributed by atoms with Crippen LogP contribution in [0.1, 0.15) is 49.2 Å². The van der Waals surface area contributed by atoms with Crippen molar-refractivity contribution in [3.05, 3.63) is 53.1 Å². The van der Waals surface area contributed by atoms with Crippen molar-refractivity contribution in [2.45, 2.75) is 69.8 Å². The van der Waals surface area contributed by atoms with Gasteiger partial charge in [0.05, 0.1) is 24.1 Å². The third-order valence-corrected chi connectivity index (χ3v) is 7.82. The second kappa shape index (κ2) is 12.9. The summed E-state index contributed by atoms with van der Waals surface area (Å²) in [6, 6.07) is -3.07. The molecule has 1 aliphatic carbocycles. The SMILES string of the molecule is CC1NC(=O)C(C2CCC2)NC(=O)C(C)C(O)C(Cc2c(F)nc(F)c(F)c2F)NC(=O)C1NC(=O)c1ncccc1O. The zero-order valence-electron chi connectivity index (χ0n) is 23.0. The Morgan fingerprint density at radius 2 is 1.70 bits per heavy atom. The van der Waals surface area contributed by atoms with E-state index in [0.717, 1.165) is 6.42 Å². The summed E-state index contributed by atoms with van der Waals surface area (Å²) in [5.74, 6) is -13.6. The summed E-state index contributed by atoms with van der Waals surface area (Å²) >= 11 is 0. The van der Waals surface area contributed by atoms with Crippen LogP contribution in [-0.4, -0.2) is 74.1 Å². The standard InChI is InChI=1S/C27H30F4N6O6/c1-10-21(39)14(9-13-16(28)17(29)23(31)37-22(13)30)34-25(41)18(35-27(43)20-15(38)7-4-8-32-20)11(2)33-26(42)19(36-24(10)40)12-5-3-6-12/h4,7-8,10-12,14,18-19,21,38-39H,3,5-6,9H2,1-2H3,(H,33,42)(H,34,41)(H,35,43)(H,36,40). The molecule has 6 unspecified atom stereocenters. The van der Waals surface area contributed by atoms with Gasteiger partial charge in [-0.1, -0.05) is 13.3 Å². The van der Waals surface area contributed by atoms with E-state index in [1.165, 1.54) is 32.2 Å². The number of aliphatic hydroxyl groups excluding tert-OH is 1. The van der Waals surface area contributed by atoms with E-state index in [4.69, 9.17) is 0 Å². The van der Waals surface area contributed by atoms with Gasteiger partial charge in [0.15, 0.2) is 11.5 Å². The molecule has 0 spiro atoms. The van der Waals surface area contributed by atoms with E-state index in [9.17, 15) is 47.0 Å². The fourth-order valence-electron chi connectivity index (χ4n) is 5.00. The molecule has 2 aliphatic rings. The van der Waals surface area contributed by atoms with Crippen LogP contribution >= 0.6 is 0 Å². The lowest BCUT2D eigenvalue weighted by Crippen LogP contribution is -2.65. The summed E-state index contributed by atoms with van der Waals surface area (Å²) in [7, 11) is 0. The fourth-order valence-corrected chi connectivity index (χ4v) is 5.00. The summed E-state index contributed by atoms with van der Waals surface area (Å²) in [6.07, 6.45) is 0.349. The Morgan fingerprint density at radius 3 is 2.33 bits per heavy atom. The summed E-state index contributed by atoms with van der Waals surface area (Å²) in [6.45, 7) is 2.60. The Labute approximate surface area is 242 Å². The normalized spacial score (nSPS) is 27.1. The molecule has 2 aromatic heterocycles. The first-order valence-corrected chi connectivity index (χ1v) is 13.5. The van der Waals surface area contributed by atoms with Gasteiger partial charge >= 0.3 is 0 Å². The van der Waals surface area contributed by atoms with Gasteiger partial charge in [0.1, 0.15) is 17.8 Å². The van der Waals surface area contributed by atoms with Gasteiger partial charge in [0.2, 0.25) is 29.5 Å². The Hall–Kier alpha value is -4.34. The van der Waals surface area contributed by atoms with Crippen LogP contribution in [0.25, 0.3) is 0 Å². The van der Waals surface area contributed by atoms with Crippen LogP contribution in [0.4, 0.5) is 17.6 Å². The second-order valence-electron chi connectivity index (χ2n) is 10.7. The minimum absolute atomic E-state index is 0.261. The number of carbonyl (C=O) groups is 4. The number of nitrogens with one attached hydrogen (secondary N) is 4. The van der Waals surface area contributed by atoms with Crippen LogP contribution in [0.15, 0.2) is 18.3 Å². The molecule has 0 radical (unpaired) electrons. The maximum absolute atomic E-state index is 14.6. The predicted octanol–water partition coefficient (Wildman–Crippen LogP) is 0.365. The van der Waals surface area contributed by atoms with Crippen LogP contribution in [0.2, 0.25) is 0 Å². The molecule has 6 N–H and O–H groups in total. The van der Waals surface area contributed by atoms with Crippen molar-refractivity contribution in [2.24, 2.45) is 11.8 Å². The second-order valence-corrected chi connectivity index (χ2v) is 10.7. The highest BCUT2D eigenvalue weighted by atomic mass is 19.2. The molecule has 2 aromatic rings. The van der Waals surface area contributed by atoms with Gasteiger partial charge in [0, 0.05) is 18.2 Å². The van der Waals surface area contributed by atoms with E-state index in [-0.39, 0.29) is 5.92 Å². The number of aliphatic hydroxyl groups is 1. The average Bonchev–Trinajstić information content (AvgIpc) is 2.93. The molecule has 232 valence electrons. The van der Waals surface area contributed by atoms with Crippen molar-refractivity contribution in [3.8, 4) is 5.75 Å². The molecule has 6 atom stereocenters. The fraction of sp³-hybridized carbons (Fsp3) is 0.481. The average molecular weight is 611 g/mol. The third-order valence-electron chi connectivity index (χ3n) is 7.82. The maximum atomic E-state index is 14.6. The van der Waals surface area contributed by atoms with E-state index < -0.39 is 107 Å². The van der Waals surface area contributed by atoms with E-state index in [1.807, 2.05) is 0 Å². The van der Waals surface area contributed by atoms with Crippen LogP contribution in [0, 0.1) is 35.4 Å². The highest BCUT2D eigenvalue weighted by Crippen LogP contribution is 2.30. The molecule has 0 aromatic carbocycles. The molecule has 16 heteroatoms. The van der Waals surface area contributed by atoms with E-state index in [1.54, 1.807) is 0 Å². The van der Waals surface area contributed by atoms with E-state index in [2.05, 4.69) is 31.2 Å². The van der Waals surface area contributed by atoms with Gasteiger partial charge < -0.3 is 31.5 Å². The van der Waals surface area contributed by atoms with Gasteiger partial charge in [-0.15, -0.1) is 0 Å². The molecule has 3 heterocycles. The van der Waals surface area contributed by atoms with Crippen LogP contribution in [0.3, 0.4) is 0 Å². The highest BCUT2D eigenvalue weighted by Gasteiger charge is 2.41. The molecule has 43 heavy (non-hydrogen) atoms. The monoisotopic (exact) mass is 610 g/mol. The number of pyridine rings is 2. The first-order chi connectivity index (χ1) is 20.3. The number of hydrogen-bond acceptors (Lipinski definition) is 8. The molecule has 2 fully saturated rings. The molecule has 1 saturated heterocycles. The molecule has 1 aliphatic heterocycles. The molecule has 4 amide bonds. The minimum atomic E-state index is -2.09. The van der Waals surface area contributed by atoms with Crippen LogP contribution in [0.5, 0.6) is 5.75 Å². The van der Waals surface area contributed by atoms with Crippen molar-refractivity contribution < 1.29 is 47.0 Å². The van der Waals surface area contributed by atoms with Crippen LogP contribution < -0.4 is 21.3 Å². The van der Waals surface area contributed by atoms with Gasteiger partial charge in [-0.3, -0.25) is 19.2 Å². The number of amides is 4. The van der Waals surface area contributed by atoms with Crippen molar-refractivity contribution in [3.63, 3.8) is 0 Å². The molecule has 1 saturated carbocycles. The summed E-state index contributed by atoms with van der Waals surface area (Å²) in [4.78, 5) is 59.4. The number of hydrogen-bond donors (Lipinski definition) is 6. The molecule has 12 nitrogen and oxygen atoms in total. The Bertz CT molecular complexity index is 1430. The highest BCUT2D eigenvalue weighted by molar-refractivity contribution is 5.98. The van der Waals surface area contributed by atoms with Crippen molar-refractivity contribution >= 4 is 23.6 Å². The van der Waals surface area contributed by atoms with Crippen LogP contribution in [-0.2, 0) is 20.8 Å². The maximum Gasteiger partial charge on any atom is 0.274 e. The number of nitrogens with zero attached hydrogens (tertiary/aromatic N) is 2.